The van der Waals surface area contributed by atoms with Gasteiger partial charge in [0.05, 0.1) is 0 Å². The van der Waals surface area contributed by atoms with E-state index in [9.17, 15) is 0 Å². The number of benzene rings is 1. The maximum atomic E-state index is 2.51. The van der Waals surface area contributed by atoms with Gasteiger partial charge in [-0.3, -0.25) is 0 Å². The molecular formula is C19H30N2. The first-order valence-corrected chi connectivity index (χ1v) is 8.64. The summed E-state index contributed by atoms with van der Waals surface area (Å²) in [6.07, 6.45) is 14.3. The molecule has 0 N–H and O–H groups in total. The van der Waals surface area contributed by atoms with Gasteiger partial charge in [-0.15, -0.1) is 0 Å². The quantitative estimate of drug-likeness (QED) is 0.563. The third kappa shape index (κ3) is 4.52. The Morgan fingerprint density at radius 2 is 1.57 bits per heavy atom. The fraction of sp³-hybridized carbons (Fsp3) is 0.579. The van der Waals surface area contributed by atoms with Crippen LogP contribution in [0.1, 0.15) is 58.8 Å². The van der Waals surface area contributed by atoms with Crippen LogP contribution in [0, 0.1) is 0 Å². The second kappa shape index (κ2) is 8.76. The van der Waals surface area contributed by atoms with E-state index in [4.69, 9.17) is 0 Å². The number of para-hydroxylation sites is 1. The molecule has 0 fully saturated rings. The van der Waals surface area contributed by atoms with Gasteiger partial charge in [0.25, 0.3) is 0 Å². The lowest BCUT2D eigenvalue weighted by atomic mass is 10.1. The molecule has 1 aliphatic rings. The van der Waals surface area contributed by atoms with E-state index in [0.717, 1.165) is 6.42 Å². The minimum atomic E-state index is 0.489. The van der Waals surface area contributed by atoms with Crippen LogP contribution >= 0.6 is 0 Å². The van der Waals surface area contributed by atoms with Crippen LogP contribution in [0.2, 0.25) is 0 Å². The fourth-order valence-electron chi connectivity index (χ4n) is 3.10. The number of unbranched alkanes of at least 4 members (excludes halogenated alkanes) is 5. The van der Waals surface area contributed by atoms with Crippen LogP contribution in [-0.2, 0) is 0 Å². The van der Waals surface area contributed by atoms with Gasteiger partial charge in [-0.2, -0.15) is 0 Å². The molecule has 0 aromatic heterocycles. The van der Waals surface area contributed by atoms with Gasteiger partial charge >= 0.3 is 0 Å². The summed E-state index contributed by atoms with van der Waals surface area (Å²) in [6.45, 7) is 5.74. The minimum absolute atomic E-state index is 0.489. The molecule has 1 atom stereocenters. The molecule has 0 bridgehead atoms. The molecule has 0 saturated heterocycles. The molecule has 0 radical (unpaired) electrons. The Labute approximate surface area is 130 Å². The Kier molecular flexibility index (Phi) is 6.65. The minimum Gasteiger partial charge on any atom is -0.356 e. The van der Waals surface area contributed by atoms with E-state index in [1.807, 2.05) is 0 Å². The highest BCUT2D eigenvalue weighted by atomic mass is 15.4. The van der Waals surface area contributed by atoms with E-state index in [-0.39, 0.29) is 0 Å². The molecule has 2 nitrogen and oxygen atoms in total. The molecule has 2 rings (SSSR count). The van der Waals surface area contributed by atoms with Crippen LogP contribution in [0.5, 0.6) is 0 Å². The standard InChI is InChI=1S/C19H30N2/c1-3-5-6-7-8-12-15-20-16-17-21(19(20)4-2)18-13-10-9-11-14-18/h9-11,13-14,16-17,19H,3-8,12,15H2,1-2H3. The highest BCUT2D eigenvalue weighted by Crippen LogP contribution is 2.26. The SMILES string of the molecule is CCCCCCCCN1C=CN(c2ccccc2)C1CC. The highest BCUT2D eigenvalue weighted by molar-refractivity contribution is 5.51. The van der Waals surface area contributed by atoms with E-state index >= 15 is 0 Å². The second-order valence-corrected chi connectivity index (χ2v) is 5.94. The number of nitrogens with zero attached hydrogens (tertiary/aromatic N) is 2. The van der Waals surface area contributed by atoms with Crippen molar-refractivity contribution < 1.29 is 0 Å². The van der Waals surface area contributed by atoms with Crippen molar-refractivity contribution >= 4 is 5.69 Å². The smallest absolute Gasteiger partial charge is 0.105 e. The summed E-state index contributed by atoms with van der Waals surface area (Å²) in [4.78, 5) is 4.91. The average molecular weight is 286 g/mol. The topological polar surface area (TPSA) is 6.48 Å². The van der Waals surface area contributed by atoms with Crippen molar-refractivity contribution in [3.63, 3.8) is 0 Å². The zero-order valence-corrected chi connectivity index (χ0v) is 13.7. The lowest BCUT2D eigenvalue weighted by Gasteiger charge is -2.32. The predicted molar refractivity (Wildman–Crippen MR) is 92.2 cm³/mol. The lowest BCUT2D eigenvalue weighted by Crippen LogP contribution is -2.38. The van der Waals surface area contributed by atoms with Crippen molar-refractivity contribution in [2.75, 3.05) is 11.4 Å². The molecule has 0 spiro atoms. The highest BCUT2D eigenvalue weighted by Gasteiger charge is 2.24. The number of hydrogen-bond donors (Lipinski definition) is 0. The second-order valence-electron chi connectivity index (χ2n) is 5.94. The summed E-state index contributed by atoms with van der Waals surface area (Å²) in [6, 6.07) is 10.7. The molecule has 1 aromatic rings. The molecule has 1 aromatic carbocycles. The van der Waals surface area contributed by atoms with Gasteiger partial charge in [0.2, 0.25) is 0 Å². The van der Waals surface area contributed by atoms with Gasteiger partial charge in [-0.25, -0.2) is 0 Å². The number of anilines is 1. The summed E-state index contributed by atoms with van der Waals surface area (Å²) in [7, 11) is 0. The summed E-state index contributed by atoms with van der Waals surface area (Å²) < 4.78 is 0. The monoisotopic (exact) mass is 286 g/mol. The van der Waals surface area contributed by atoms with Crippen molar-refractivity contribution in [3.05, 3.63) is 42.7 Å². The largest absolute Gasteiger partial charge is 0.356 e. The zero-order chi connectivity index (χ0) is 14.9. The van der Waals surface area contributed by atoms with Crippen LogP contribution in [0.15, 0.2) is 42.7 Å². The van der Waals surface area contributed by atoms with Crippen molar-refractivity contribution in [2.24, 2.45) is 0 Å². The van der Waals surface area contributed by atoms with Crippen molar-refractivity contribution in [2.45, 2.75) is 65.0 Å². The Bertz CT molecular complexity index is 413. The Hall–Kier alpha value is -1.44. The van der Waals surface area contributed by atoms with E-state index in [2.05, 4.69) is 66.4 Å². The number of rotatable bonds is 9. The van der Waals surface area contributed by atoms with Gasteiger partial charge in [-0.05, 0) is 25.0 Å². The Balaban J connectivity index is 1.79. The molecule has 21 heavy (non-hydrogen) atoms. The third-order valence-corrected chi connectivity index (χ3v) is 4.31. The van der Waals surface area contributed by atoms with Gasteiger partial charge in [-0.1, -0.05) is 64.2 Å². The third-order valence-electron chi connectivity index (χ3n) is 4.31. The summed E-state index contributed by atoms with van der Waals surface area (Å²) in [5.74, 6) is 0. The summed E-state index contributed by atoms with van der Waals surface area (Å²) in [5.41, 5.74) is 1.30. The average Bonchev–Trinajstić information content (AvgIpc) is 2.94. The Morgan fingerprint density at radius 3 is 2.29 bits per heavy atom. The predicted octanol–water partition coefficient (Wildman–Crippen LogP) is 5.38. The molecule has 0 amide bonds. The van der Waals surface area contributed by atoms with Crippen molar-refractivity contribution in [1.82, 2.24) is 4.90 Å². The fourth-order valence-corrected chi connectivity index (χ4v) is 3.10. The van der Waals surface area contributed by atoms with Crippen LogP contribution in [0.25, 0.3) is 0 Å². The van der Waals surface area contributed by atoms with E-state index in [1.165, 1.54) is 50.8 Å². The van der Waals surface area contributed by atoms with Crippen molar-refractivity contribution in [3.8, 4) is 0 Å². The van der Waals surface area contributed by atoms with Gasteiger partial charge in [0.1, 0.15) is 6.17 Å². The molecule has 116 valence electrons. The molecule has 2 heteroatoms. The Morgan fingerprint density at radius 1 is 0.857 bits per heavy atom. The van der Waals surface area contributed by atoms with Crippen LogP contribution < -0.4 is 4.90 Å². The lowest BCUT2D eigenvalue weighted by molar-refractivity contribution is 0.285. The first-order valence-electron chi connectivity index (χ1n) is 8.64. The molecule has 1 unspecified atom stereocenters. The molecule has 1 aliphatic heterocycles. The van der Waals surface area contributed by atoms with E-state index < -0.39 is 0 Å². The number of hydrogen-bond acceptors (Lipinski definition) is 2. The van der Waals surface area contributed by atoms with Gasteiger partial charge in [0, 0.05) is 24.6 Å². The summed E-state index contributed by atoms with van der Waals surface area (Å²) >= 11 is 0. The molecule has 0 saturated carbocycles. The van der Waals surface area contributed by atoms with Gasteiger partial charge in [0.15, 0.2) is 0 Å². The molecular weight excluding hydrogens is 256 g/mol. The first kappa shape index (κ1) is 15.9. The van der Waals surface area contributed by atoms with E-state index in [1.54, 1.807) is 0 Å². The molecule has 1 heterocycles. The van der Waals surface area contributed by atoms with Gasteiger partial charge < -0.3 is 9.80 Å². The van der Waals surface area contributed by atoms with Crippen LogP contribution in [-0.4, -0.2) is 17.6 Å². The first-order chi connectivity index (χ1) is 10.4. The zero-order valence-electron chi connectivity index (χ0n) is 13.7. The summed E-state index contributed by atoms with van der Waals surface area (Å²) in [5, 5.41) is 0. The molecule has 0 aliphatic carbocycles. The maximum Gasteiger partial charge on any atom is 0.105 e. The van der Waals surface area contributed by atoms with E-state index in [0.29, 0.717) is 6.17 Å². The normalized spacial score (nSPS) is 17.7. The van der Waals surface area contributed by atoms with Crippen LogP contribution in [0.3, 0.4) is 0 Å². The van der Waals surface area contributed by atoms with Crippen LogP contribution in [0.4, 0.5) is 5.69 Å². The van der Waals surface area contributed by atoms with Crippen molar-refractivity contribution in [1.29, 1.82) is 0 Å². The maximum absolute atomic E-state index is 2.51.